The molecule has 1 N–H and O–H groups in total. The summed E-state index contributed by atoms with van der Waals surface area (Å²) in [7, 11) is 0. The molecule has 3 aromatic rings. The average Bonchev–Trinajstić information content (AvgIpc) is 2.95. The zero-order valence-electron chi connectivity index (χ0n) is 21.3. The van der Waals surface area contributed by atoms with Crippen molar-refractivity contribution >= 4 is 17.6 Å². The van der Waals surface area contributed by atoms with E-state index in [1.807, 2.05) is 65.6 Å². The normalized spacial score (nSPS) is 19.5. The van der Waals surface area contributed by atoms with Crippen molar-refractivity contribution in [3.8, 4) is 11.1 Å². The van der Waals surface area contributed by atoms with Crippen LogP contribution in [0.25, 0.3) is 11.1 Å². The first kappa shape index (κ1) is 25.7. The molecule has 196 valence electrons. The lowest BCUT2D eigenvalue weighted by Gasteiger charge is -2.39. The van der Waals surface area contributed by atoms with Crippen LogP contribution in [0.2, 0.25) is 0 Å². The van der Waals surface area contributed by atoms with Crippen molar-refractivity contribution in [3.63, 3.8) is 0 Å². The maximum atomic E-state index is 13.7. The molecule has 5 rings (SSSR count). The first-order chi connectivity index (χ1) is 18.6. The number of hydrogen-bond donors (Lipinski definition) is 1. The van der Waals surface area contributed by atoms with Gasteiger partial charge < -0.3 is 19.9 Å². The van der Waals surface area contributed by atoms with Gasteiger partial charge in [-0.25, -0.2) is 9.18 Å². The average molecular weight is 514 g/mol. The molecule has 6 nitrogen and oxygen atoms in total. The molecule has 0 saturated carbocycles. The molecule has 1 atom stereocenters. The minimum absolute atomic E-state index is 0.0510. The molecule has 1 saturated heterocycles. The lowest BCUT2D eigenvalue weighted by Crippen LogP contribution is -2.51. The third-order valence-electron chi connectivity index (χ3n) is 7.22. The van der Waals surface area contributed by atoms with Gasteiger partial charge in [0, 0.05) is 31.9 Å². The highest BCUT2D eigenvalue weighted by molar-refractivity contribution is 5.96. The van der Waals surface area contributed by atoms with Gasteiger partial charge >= 0.3 is 6.03 Å². The molecule has 2 aliphatic rings. The van der Waals surface area contributed by atoms with Gasteiger partial charge in [0.2, 0.25) is 5.91 Å². The number of halogens is 1. The Morgan fingerprint density at radius 3 is 2.42 bits per heavy atom. The number of hydrogen-bond acceptors (Lipinski definition) is 3. The highest BCUT2D eigenvalue weighted by Gasteiger charge is 2.33. The molecule has 0 bridgehead atoms. The van der Waals surface area contributed by atoms with E-state index in [2.05, 4.69) is 11.4 Å². The third kappa shape index (κ3) is 6.11. The Balaban J connectivity index is 1.37. The Labute approximate surface area is 222 Å². The molecule has 38 heavy (non-hydrogen) atoms. The fraction of sp³-hybridized carbons (Fsp3) is 0.290. The van der Waals surface area contributed by atoms with Crippen molar-refractivity contribution in [1.29, 1.82) is 0 Å². The largest absolute Gasteiger partial charge is 0.381 e. The highest BCUT2D eigenvalue weighted by atomic mass is 19.1. The SMILES string of the molecule is O=C(Nc1ccccc1-c1ccccc1)N1C/C=C\C(C2CCOCC2)N(Cc2ccc(F)cc2)C(=O)C1. The summed E-state index contributed by atoms with van der Waals surface area (Å²) in [4.78, 5) is 30.5. The molecule has 3 amide bonds. The van der Waals surface area contributed by atoms with Crippen molar-refractivity contribution in [3.05, 3.63) is 102 Å². The van der Waals surface area contributed by atoms with Crippen LogP contribution in [0.5, 0.6) is 0 Å². The highest BCUT2D eigenvalue weighted by Crippen LogP contribution is 2.29. The number of carbonyl (C=O) groups excluding carboxylic acids is 2. The van der Waals surface area contributed by atoms with E-state index in [0.717, 1.165) is 29.5 Å². The summed E-state index contributed by atoms with van der Waals surface area (Å²) >= 11 is 0. The number of rotatable bonds is 5. The van der Waals surface area contributed by atoms with Crippen LogP contribution < -0.4 is 5.32 Å². The zero-order valence-corrected chi connectivity index (χ0v) is 21.3. The van der Waals surface area contributed by atoms with Crippen LogP contribution >= 0.6 is 0 Å². The monoisotopic (exact) mass is 513 g/mol. The minimum Gasteiger partial charge on any atom is -0.381 e. The van der Waals surface area contributed by atoms with Gasteiger partial charge in [0.05, 0.1) is 11.7 Å². The van der Waals surface area contributed by atoms with E-state index in [1.165, 1.54) is 17.0 Å². The summed E-state index contributed by atoms with van der Waals surface area (Å²) in [6.07, 6.45) is 5.76. The first-order valence-corrected chi connectivity index (χ1v) is 13.1. The Morgan fingerprint density at radius 2 is 1.66 bits per heavy atom. The molecule has 1 fully saturated rings. The van der Waals surface area contributed by atoms with E-state index in [4.69, 9.17) is 4.74 Å². The van der Waals surface area contributed by atoms with Gasteiger partial charge in [-0.05, 0) is 48.1 Å². The van der Waals surface area contributed by atoms with Crippen LogP contribution in [-0.4, -0.2) is 54.1 Å². The quantitative estimate of drug-likeness (QED) is 0.444. The van der Waals surface area contributed by atoms with E-state index >= 15 is 0 Å². The summed E-state index contributed by atoms with van der Waals surface area (Å²) in [5, 5.41) is 3.02. The predicted molar refractivity (Wildman–Crippen MR) is 146 cm³/mol. The summed E-state index contributed by atoms with van der Waals surface area (Å²) in [5.74, 6) is -0.184. The Bertz CT molecular complexity index is 1270. The standard InChI is InChI=1S/C31H32FN3O3/c32-26-14-12-23(13-15-26)21-35-29(25-16-19-38-20-17-25)11-6-18-34(22-30(35)36)31(37)33-28-10-5-4-9-27(28)24-7-2-1-3-8-24/h1-15,25,29H,16-22H2,(H,33,37)/b11-6-. The maximum absolute atomic E-state index is 13.7. The Kier molecular flexibility index (Phi) is 8.14. The van der Waals surface area contributed by atoms with Crippen molar-refractivity contribution in [1.82, 2.24) is 9.80 Å². The molecule has 2 aliphatic heterocycles. The summed E-state index contributed by atoms with van der Waals surface area (Å²) in [6, 6.07) is 23.3. The van der Waals surface area contributed by atoms with Crippen LogP contribution in [0.3, 0.4) is 0 Å². The molecule has 1 unspecified atom stereocenters. The second-order valence-electron chi connectivity index (χ2n) is 9.74. The van der Waals surface area contributed by atoms with Gasteiger partial charge in [0.1, 0.15) is 12.4 Å². The molecule has 3 aromatic carbocycles. The van der Waals surface area contributed by atoms with Crippen LogP contribution in [-0.2, 0) is 16.1 Å². The fourth-order valence-corrected chi connectivity index (χ4v) is 5.18. The number of para-hydroxylation sites is 1. The number of amides is 3. The minimum atomic E-state index is -0.336. The van der Waals surface area contributed by atoms with Gasteiger partial charge in [-0.2, -0.15) is 0 Å². The third-order valence-corrected chi connectivity index (χ3v) is 7.22. The van der Waals surface area contributed by atoms with Gasteiger partial charge in [0.25, 0.3) is 0 Å². The molecule has 0 aliphatic carbocycles. The van der Waals surface area contributed by atoms with Crippen molar-refractivity contribution < 1.29 is 18.7 Å². The van der Waals surface area contributed by atoms with Crippen LogP contribution in [0.1, 0.15) is 18.4 Å². The number of ether oxygens (including phenoxy) is 1. The molecular formula is C31H32FN3O3. The van der Waals surface area contributed by atoms with Crippen molar-refractivity contribution in [2.75, 3.05) is 31.6 Å². The van der Waals surface area contributed by atoms with E-state index in [9.17, 15) is 14.0 Å². The Morgan fingerprint density at radius 1 is 0.947 bits per heavy atom. The topological polar surface area (TPSA) is 61.9 Å². The predicted octanol–water partition coefficient (Wildman–Crippen LogP) is 5.72. The van der Waals surface area contributed by atoms with E-state index < -0.39 is 0 Å². The Hall–Kier alpha value is -3.97. The lowest BCUT2D eigenvalue weighted by atomic mass is 9.89. The second-order valence-corrected chi connectivity index (χ2v) is 9.74. The molecule has 2 heterocycles. The number of nitrogens with one attached hydrogen (secondary N) is 1. The van der Waals surface area contributed by atoms with Crippen molar-refractivity contribution in [2.45, 2.75) is 25.4 Å². The fourth-order valence-electron chi connectivity index (χ4n) is 5.18. The van der Waals surface area contributed by atoms with Crippen LogP contribution in [0, 0.1) is 11.7 Å². The summed E-state index contributed by atoms with van der Waals surface area (Å²) < 4.78 is 19.1. The maximum Gasteiger partial charge on any atom is 0.322 e. The molecule has 0 aromatic heterocycles. The van der Waals surface area contributed by atoms with Gasteiger partial charge in [0.15, 0.2) is 0 Å². The smallest absolute Gasteiger partial charge is 0.322 e. The molecule has 0 spiro atoms. The van der Waals surface area contributed by atoms with Crippen LogP contribution in [0.15, 0.2) is 91.0 Å². The molecule has 7 heteroatoms. The van der Waals surface area contributed by atoms with Crippen molar-refractivity contribution in [2.24, 2.45) is 5.92 Å². The zero-order chi connectivity index (χ0) is 26.3. The number of anilines is 1. The van der Waals surface area contributed by atoms with Gasteiger partial charge in [-0.15, -0.1) is 0 Å². The summed E-state index contributed by atoms with van der Waals surface area (Å²) in [6.45, 7) is 1.96. The number of carbonyl (C=O) groups is 2. The molecular weight excluding hydrogens is 481 g/mol. The van der Waals surface area contributed by atoms with E-state index in [0.29, 0.717) is 32.0 Å². The number of nitrogens with zero attached hydrogens (tertiary/aromatic N) is 2. The second kappa shape index (κ2) is 12.0. The summed E-state index contributed by atoms with van der Waals surface area (Å²) in [5.41, 5.74) is 3.44. The number of benzene rings is 3. The van der Waals surface area contributed by atoms with Crippen LogP contribution in [0.4, 0.5) is 14.9 Å². The molecule has 0 radical (unpaired) electrons. The van der Waals surface area contributed by atoms with Gasteiger partial charge in [-0.3, -0.25) is 4.79 Å². The van der Waals surface area contributed by atoms with Gasteiger partial charge in [-0.1, -0.05) is 72.8 Å². The lowest BCUT2D eigenvalue weighted by molar-refractivity contribution is -0.135. The first-order valence-electron chi connectivity index (χ1n) is 13.1. The number of urea groups is 1. The van der Waals surface area contributed by atoms with E-state index in [1.54, 1.807) is 12.1 Å². The van der Waals surface area contributed by atoms with E-state index in [-0.39, 0.29) is 36.3 Å².